The zero-order valence-corrected chi connectivity index (χ0v) is 13.8. The quantitative estimate of drug-likeness (QED) is 0.729. The smallest absolute Gasteiger partial charge is 0.308 e. The maximum atomic E-state index is 11.2. The molecule has 0 amide bonds. The predicted molar refractivity (Wildman–Crippen MR) is 83.8 cm³/mol. The lowest BCUT2D eigenvalue weighted by Gasteiger charge is -2.21. The van der Waals surface area contributed by atoms with Crippen molar-refractivity contribution in [2.45, 2.75) is 32.9 Å². The van der Waals surface area contributed by atoms with E-state index in [0.29, 0.717) is 30.2 Å². The second kappa shape index (κ2) is 8.48. The van der Waals surface area contributed by atoms with Gasteiger partial charge in [-0.3, -0.25) is 4.79 Å². The van der Waals surface area contributed by atoms with Crippen molar-refractivity contribution in [3.8, 4) is 17.2 Å². The number of benzene rings is 1. The minimum atomic E-state index is -0.785. The number of carboxylic acid groups (broad SMARTS) is 1. The van der Waals surface area contributed by atoms with Crippen molar-refractivity contribution in [2.24, 2.45) is 5.92 Å². The first-order chi connectivity index (χ1) is 10.5. The number of carbonyl (C=O) groups is 1. The number of hydrogen-bond acceptors (Lipinski definition) is 5. The summed E-state index contributed by atoms with van der Waals surface area (Å²) in [7, 11) is 4.68. The first kappa shape index (κ1) is 18.1. The van der Waals surface area contributed by atoms with Crippen LogP contribution in [0.25, 0.3) is 0 Å². The Bertz CT molecular complexity index is 478. The van der Waals surface area contributed by atoms with E-state index in [9.17, 15) is 9.90 Å². The molecule has 0 heterocycles. The van der Waals surface area contributed by atoms with Gasteiger partial charge in [0.25, 0.3) is 0 Å². The van der Waals surface area contributed by atoms with Gasteiger partial charge in [0.1, 0.15) is 0 Å². The fourth-order valence-corrected chi connectivity index (χ4v) is 2.40. The Labute approximate surface area is 131 Å². The molecule has 1 aromatic carbocycles. The molecule has 0 aliphatic heterocycles. The van der Waals surface area contributed by atoms with Crippen molar-refractivity contribution < 1.29 is 24.1 Å². The van der Waals surface area contributed by atoms with E-state index in [2.05, 4.69) is 5.32 Å². The molecule has 0 fully saturated rings. The zero-order valence-electron chi connectivity index (χ0n) is 13.8. The molecule has 2 atom stereocenters. The third-order valence-electron chi connectivity index (χ3n) is 3.71. The second-order valence-electron chi connectivity index (χ2n) is 5.06. The molecule has 0 saturated heterocycles. The lowest BCUT2D eigenvalue weighted by molar-refractivity contribution is -0.142. The van der Waals surface area contributed by atoms with Gasteiger partial charge < -0.3 is 24.6 Å². The lowest BCUT2D eigenvalue weighted by Crippen LogP contribution is -2.37. The number of nitrogens with one attached hydrogen (secondary N) is 1. The van der Waals surface area contributed by atoms with Gasteiger partial charge in [-0.1, -0.05) is 6.92 Å². The molecule has 1 rings (SSSR count). The van der Waals surface area contributed by atoms with Crippen LogP contribution in [0.3, 0.4) is 0 Å². The van der Waals surface area contributed by atoms with Crippen LogP contribution >= 0.6 is 0 Å². The number of ether oxygens (including phenoxy) is 3. The number of rotatable bonds is 9. The van der Waals surface area contributed by atoms with Gasteiger partial charge in [-0.25, -0.2) is 0 Å². The summed E-state index contributed by atoms with van der Waals surface area (Å²) >= 11 is 0. The molecule has 2 N–H and O–H groups in total. The van der Waals surface area contributed by atoms with Crippen LogP contribution in [0, 0.1) is 5.92 Å². The monoisotopic (exact) mass is 311 g/mol. The molecule has 2 unspecified atom stereocenters. The highest BCUT2D eigenvalue weighted by molar-refractivity contribution is 5.70. The Kier molecular flexibility index (Phi) is 6.98. The van der Waals surface area contributed by atoms with E-state index in [1.165, 1.54) is 0 Å². The van der Waals surface area contributed by atoms with E-state index in [1.807, 2.05) is 26.0 Å². The summed E-state index contributed by atoms with van der Waals surface area (Å²) in [5.41, 5.74) is 0.932. The molecule has 124 valence electrons. The molecular weight excluding hydrogens is 286 g/mol. The summed E-state index contributed by atoms with van der Waals surface area (Å²) in [6.07, 6.45) is 0.582. The van der Waals surface area contributed by atoms with Gasteiger partial charge in [0.15, 0.2) is 11.5 Å². The van der Waals surface area contributed by atoms with Gasteiger partial charge in [-0.05, 0) is 31.0 Å². The van der Waals surface area contributed by atoms with Crippen LogP contribution in [-0.2, 0) is 11.3 Å². The molecular formula is C16H25NO5. The maximum Gasteiger partial charge on any atom is 0.308 e. The molecule has 6 nitrogen and oxygen atoms in total. The summed E-state index contributed by atoms with van der Waals surface area (Å²) in [6, 6.07) is 3.56. The van der Waals surface area contributed by atoms with Crippen molar-refractivity contribution in [2.75, 3.05) is 21.3 Å². The van der Waals surface area contributed by atoms with Gasteiger partial charge in [0.05, 0.1) is 27.2 Å². The Balaban J connectivity index is 2.88. The second-order valence-corrected chi connectivity index (χ2v) is 5.06. The lowest BCUT2D eigenvalue weighted by atomic mass is 9.98. The first-order valence-electron chi connectivity index (χ1n) is 7.23. The van der Waals surface area contributed by atoms with E-state index < -0.39 is 11.9 Å². The van der Waals surface area contributed by atoms with Crippen LogP contribution in [0.2, 0.25) is 0 Å². The first-order valence-corrected chi connectivity index (χ1v) is 7.23. The summed E-state index contributed by atoms with van der Waals surface area (Å²) in [5.74, 6) is 0.501. The van der Waals surface area contributed by atoms with E-state index in [4.69, 9.17) is 14.2 Å². The molecule has 0 saturated carbocycles. The number of aliphatic carboxylic acids is 1. The standard InChI is InChI=1S/C16H25NO5/c1-6-12(16(18)19)10(2)17-9-11-7-13(20-3)15(22-5)14(8-11)21-4/h7-8,10,12,17H,6,9H2,1-5H3,(H,18,19). The normalized spacial score (nSPS) is 13.3. The zero-order chi connectivity index (χ0) is 16.7. The van der Waals surface area contributed by atoms with Gasteiger partial charge in [0, 0.05) is 12.6 Å². The van der Waals surface area contributed by atoms with Crippen molar-refractivity contribution in [1.82, 2.24) is 5.32 Å². The van der Waals surface area contributed by atoms with Crippen LogP contribution in [0.1, 0.15) is 25.8 Å². The van der Waals surface area contributed by atoms with Crippen LogP contribution in [-0.4, -0.2) is 38.4 Å². The molecule has 0 bridgehead atoms. The Hall–Kier alpha value is -1.95. The fraction of sp³-hybridized carbons (Fsp3) is 0.562. The minimum absolute atomic E-state index is 0.137. The van der Waals surface area contributed by atoms with Crippen LogP contribution in [0.5, 0.6) is 17.2 Å². The summed E-state index contributed by atoms with van der Waals surface area (Å²) < 4.78 is 15.9. The molecule has 22 heavy (non-hydrogen) atoms. The average Bonchev–Trinajstić information content (AvgIpc) is 2.51. The van der Waals surface area contributed by atoms with Crippen molar-refractivity contribution >= 4 is 5.97 Å². The number of carboxylic acids is 1. The van der Waals surface area contributed by atoms with E-state index >= 15 is 0 Å². The van der Waals surface area contributed by atoms with Gasteiger partial charge >= 0.3 is 5.97 Å². The van der Waals surface area contributed by atoms with Crippen molar-refractivity contribution in [3.05, 3.63) is 17.7 Å². The minimum Gasteiger partial charge on any atom is -0.493 e. The maximum absolute atomic E-state index is 11.2. The fourth-order valence-electron chi connectivity index (χ4n) is 2.40. The van der Waals surface area contributed by atoms with Crippen LogP contribution in [0.4, 0.5) is 0 Å². The van der Waals surface area contributed by atoms with Gasteiger partial charge in [0.2, 0.25) is 5.75 Å². The SMILES string of the molecule is CCC(C(=O)O)C(C)NCc1cc(OC)c(OC)c(OC)c1. The average molecular weight is 311 g/mol. The largest absolute Gasteiger partial charge is 0.493 e. The highest BCUT2D eigenvalue weighted by atomic mass is 16.5. The third-order valence-corrected chi connectivity index (χ3v) is 3.71. The summed E-state index contributed by atoms with van der Waals surface area (Å²) in [6.45, 7) is 4.26. The van der Waals surface area contributed by atoms with Crippen molar-refractivity contribution in [1.29, 1.82) is 0 Å². The topological polar surface area (TPSA) is 77.0 Å². The van der Waals surface area contributed by atoms with E-state index in [1.54, 1.807) is 21.3 Å². The molecule has 0 aromatic heterocycles. The molecule has 1 aromatic rings. The number of methoxy groups -OCH3 is 3. The Morgan fingerprint density at radius 1 is 1.18 bits per heavy atom. The van der Waals surface area contributed by atoms with Gasteiger partial charge in [-0.2, -0.15) is 0 Å². The third kappa shape index (κ3) is 4.27. The van der Waals surface area contributed by atoms with E-state index in [0.717, 1.165) is 5.56 Å². The van der Waals surface area contributed by atoms with Crippen LogP contribution < -0.4 is 19.5 Å². The molecule has 0 radical (unpaired) electrons. The predicted octanol–water partition coefficient (Wildman–Crippen LogP) is 2.30. The summed E-state index contributed by atoms with van der Waals surface area (Å²) in [4.78, 5) is 11.2. The van der Waals surface area contributed by atoms with E-state index in [-0.39, 0.29) is 6.04 Å². The Morgan fingerprint density at radius 3 is 2.09 bits per heavy atom. The molecule has 0 spiro atoms. The van der Waals surface area contributed by atoms with Gasteiger partial charge in [-0.15, -0.1) is 0 Å². The summed E-state index contributed by atoms with van der Waals surface area (Å²) in [5, 5.41) is 12.4. The molecule has 6 heteroatoms. The highest BCUT2D eigenvalue weighted by Gasteiger charge is 2.22. The Morgan fingerprint density at radius 2 is 1.73 bits per heavy atom. The number of hydrogen-bond donors (Lipinski definition) is 2. The molecule has 0 aliphatic carbocycles. The highest BCUT2D eigenvalue weighted by Crippen LogP contribution is 2.38. The van der Waals surface area contributed by atoms with Crippen molar-refractivity contribution in [3.63, 3.8) is 0 Å². The molecule has 0 aliphatic rings. The van der Waals surface area contributed by atoms with Crippen LogP contribution in [0.15, 0.2) is 12.1 Å².